The Morgan fingerprint density at radius 3 is 2.44 bits per heavy atom. The fourth-order valence-electron chi connectivity index (χ4n) is 4.31. The smallest absolute Gasteiger partial charge is 0.336 e. The Kier molecular flexibility index (Phi) is 6.93. The number of carbonyl (C=O) groups excluding carboxylic acids is 1. The summed E-state index contributed by atoms with van der Waals surface area (Å²) in [4.78, 5) is 33.4. The zero-order valence-electron chi connectivity index (χ0n) is 19.6. The van der Waals surface area contributed by atoms with Crippen LogP contribution in [0.4, 0.5) is 17.2 Å². The summed E-state index contributed by atoms with van der Waals surface area (Å²) < 4.78 is 0. The third-order valence-corrected chi connectivity index (χ3v) is 6.25. The highest BCUT2D eigenvalue weighted by molar-refractivity contribution is 6.30. The van der Waals surface area contributed by atoms with E-state index in [1.54, 1.807) is 24.3 Å². The monoisotopic (exact) mass is 480 g/mol. The minimum absolute atomic E-state index is 0.0939. The van der Waals surface area contributed by atoms with Crippen LogP contribution in [0, 0.1) is 12.8 Å². The number of amides is 1. The largest absolute Gasteiger partial charge is 0.478 e. The van der Waals surface area contributed by atoms with Crippen molar-refractivity contribution in [1.29, 1.82) is 0 Å². The number of carbonyl (C=O) groups is 2. The van der Waals surface area contributed by atoms with Gasteiger partial charge in [-0.3, -0.25) is 4.79 Å². The molecule has 1 aliphatic rings. The predicted molar refractivity (Wildman–Crippen MR) is 137 cm³/mol. The number of aromatic nitrogens is 1. The molecule has 0 aliphatic carbocycles. The summed E-state index contributed by atoms with van der Waals surface area (Å²) in [5, 5.41) is 14.0. The molecule has 1 amide bonds. The Labute approximate surface area is 204 Å². The Balaban J connectivity index is 1.56. The van der Waals surface area contributed by atoms with Gasteiger partial charge in [0, 0.05) is 54.4 Å². The number of aryl methyl sites for hydroxylation is 1. The predicted octanol–water partition coefficient (Wildman–Crippen LogP) is 5.21. The van der Waals surface area contributed by atoms with E-state index in [4.69, 9.17) is 16.6 Å². The van der Waals surface area contributed by atoms with E-state index < -0.39 is 5.97 Å². The molecule has 1 aliphatic heterocycles. The molecule has 2 N–H and O–H groups in total. The first-order valence-corrected chi connectivity index (χ1v) is 11.8. The summed E-state index contributed by atoms with van der Waals surface area (Å²) in [5.74, 6) is -0.234. The molecule has 4 rings (SSSR count). The lowest BCUT2D eigenvalue weighted by Gasteiger charge is -2.37. The molecular formula is C26H29ClN4O3. The van der Waals surface area contributed by atoms with Crippen LogP contribution in [0.1, 0.15) is 36.2 Å². The van der Waals surface area contributed by atoms with E-state index in [2.05, 4.69) is 22.0 Å². The van der Waals surface area contributed by atoms with E-state index in [0.717, 1.165) is 18.8 Å². The second kappa shape index (κ2) is 9.89. The van der Waals surface area contributed by atoms with Crippen LogP contribution in [-0.2, 0) is 4.79 Å². The summed E-state index contributed by atoms with van der Waals surface area (Å²) in [5.41, 5.74) is 3.63. The van der Waals surface area contributed by atoms with Crippen molar-refractivity contribution >= 4 is 51.6 Å². The number of carboxylic acids is 1. The number of carboxylic acid groups (broad SMARTS) is 1. The average molecular weight is 481 g/mol. The molecule has 0 unspecified atom stereocenters. The van der Waals surface area contributed by atoms with Crippen LogP contribution in [0.2, 0.25) is 5.02 Å². The molecular weight excluding hydrogens is 452 g/mol. The van der Waals surface area contributed by atoms with Crippen LogP contribution >= 0.6 is 11.6 Å². The van der Waals surface area contributed by atoms with Crippen molar-refractivity contribution < 1.29 is 14.7 Å². The van der Waals surface area contributed by atoms with Gasteiger partial charge < -0.3 is 20.2 Å². The van der Waals surface area contributed by atoms with Gasteiger partial charge in [0.05, 0.1) is 11.1 Å². The summed E-state index contributed by atoms with van der Waals surface area (Å²) in [6.45, 7) is 9.02. The van der Waals surface area contributed by atoms with Gasteiger partial charge in [0.1, 0.15) is 5.82 Å². The molecule has 1 aromatic heterocycles. The first-order valence-electron chi connectivity index (χ1n) is 11.5. The number of nitrogens with zero attached hydrogens (tertiary/aromatic N) is 3. The summed E-state index contributed by atoms with van der Waals surface area (Å²) in [7, 11) is 0. The van der Waals surface area contributed by atoms with Gasteiger partial charge in [-0.15, -0.1) is 0 Å². The number of benzene rings is 2. The summed E-state index contributed by atoms with van der Waals surface area (Å²) >= 11 is 6.20. The maximum atomic E-state index is 12.1. The number of hydrogen-bond acceptors (Lipinski definition) is 5. The van der Waals surface area contributed by atoms with Gasteiger partial charge in [-0.25, -0.2) is 9.78 Å². The first-order chi connectivity index (χ1) is 16.2. The number of hydrogen-bond donors (Lipinski definition) is 2. The lowest BCUT2D eigenvalue weighted by Crippen LogP contribution is -2.47. The molecule has 1 saturated heterocycles. The van der Waals surface area contributed by atoms with E-state index in [-0.39, 0.29) is 17.4 Å². The van der Waals surface area contributed by atoms with E-state index in [0.29, 0.717) is 46.9 Å². The molecule has 7 nitrogen and oxygen atoms in total. The quantitative estimate of drug-likeness (QED) is 0.504. The number of rotatable bonds is 6. The number of piperazine rings is 1. The van der Waals surface area contributed by atoms with Crippen LogP contribution in [0.15, 0.2) is 42.5 Å². The lowest BCUT2D eigenvalue weighted by molar-refractivity contribution is -0.116. The first kappa shape index (κ1) is 23.8. The molecule has 0 atom stereocenters. The van der Waals surface area contributed by atoms with Crippen molar-refractivity contribution in [3.05, 3.63) is 58.6 Å². The molecule has 3 aromatic rings. The maximum absolute atomic E-state index is 12.1. The Bertz CT molecular complexity index is 1240. The highest BCUT2D eigenvalue weighted by atomic mass is 35.5. The number of aromatic carboxylic acids is 1. The fourth-order valence-corrected chi connectivity index (χ4v) is 4.48. The van der Waals surface area contributed by atoms with Gasteiger partial charge in [0.15, 0.2) is 0 Å². The minimum atomic E-state index is -1.02. The van der Waals surface area contributed by atoms with Crippen molar-refractivity contribution in [2.45, 2.75) is 27.2 Å². The second-order valence-corrected chi connectivity index (χ2v) is 9.55. The summed E-state index contributed by atoms with van der Waals surface area (Å²) in [6.07, 6.45) is 0.404. The second-order valence-electron chi connectivity index (χ2n) is 9.12. The van der Waals surface area contributed by atoms with E-state index in [1.165, 1.54) is 5.56 Å². The maximum Gasteiger partial charge on any atom is 0.336 e. The molecule has 2 aromatic carbocycles. The fraction of sp³-hybridized carbons (Fsp3) is 0.346. The third-order valence-electron chi connectivity index (χ3n) is 6.02. The van der Waals surface area contributed by atoms with Gasteiger partial charge in [-0.05, 0) is 54.8 Å². The zero-order valence-corrected chi connectivity index (χ0v) is 20.4. The van der Waals surface area contributed by atoms with Crippen molar-refractivity contribution in [1.82, 2.24) is 4.98 Å². The Morgan fingerprint density at radius 1 is 1.06 bits per heavy atom. The standard InChI is InChI=1S/C26H29ClN4O3/c1-16(2)12-25(32)28-19-6-7-22-20(14-19)21(26(33)34)15-24(29-22)31-10-8-30(9-11-31)23-13-18(27)5-4-17(23)3/h4-7,13-16H,8-12H2,1-3H3,(H,28,32)(H,33,34). The van der Waals surface area contributed by atoms with E-state index in [9.17, 15) is 14.7 Å². The Morgan fingerprint density at radius 2 is 1.76 bits per heavy atom. The number of pyridine rings is 1. The normalized spacial score (nSPS) is 14.0. The molecule has 34 heavy (non-hydrogen) atoms. The molecule has 8 heteroatoms. The molecule has 1 fully saturated rings. The van der Waals surface area contributed by atoms with Crippen molar-refractivity contribution in [2.24, 2.45) is 5.92 Å². The van der Waals surface area contributed by atoms with Crippen LogP contribution < -0.4 is 15.1 Å². The molecule has 0 bridgehead atoms. The zero-order chi connectivity index (χ0) is 24.4. The van der Waals surface area contributed by atoms with Gasteiger partial charge in [0.2, 0.25) is 5.91 Å². The van der Waals surface area contributed by atoms with Gasteiger partial charge in [-0.2, -0.15) is 0 Å². The molecule has 0 spiro atoms. The van der Waals surface area contributed by atoms with Crippen LogP contribution in [0.25, 0.3) is 10.9 Å². The number of fused-ring (bicyclic) bond motifs is 1. The Hall–Kier alpha value is -3.32. The van der Waals surface area contributed by atoms with Crippen molar-refractivity contribution in [3.8, 4) is 0 Å². The van der Waals surface area contributed by atoms with Crippen LogP contribution in [-0.4, -0.2) is 48.1 Å². The highest BCUT2D eigenvalue weighted by Gasteiger charge is 2.22. The minimum Gasteiger partial charge on any atom is -0.478 e. The molecule has 2 heterocycles. The average Bonchev–Trinajstić information content (AvgIpc) is 2.79. The van der Waals surface area contributed by atoms with Gasteiger partial charge in [-0.1, -0.05) is 31.5 Å². The van der Waals surface area contributed by atoms with Crippen molar-refractivity contribution in [2.75, 3.05) is 41.3 Å². The van der Waals surface area contributed by atoms with E-state index >= 15 is 0 Å². The topological polar surface area (TPSA) is 85.8 Å². The number of nitrogens with one attached hydrogen (secondary N) is 1. The lowest BCUT2D eigenvalue weighted by atomic mass is 10.1. The SMILES string of the molecule is Cc1ccc(Cl)cc1N1CCN(c2cc(C(=O)O)c3cc(NC(=O)CC(C)C)ccc3n2)CC1. The van der Waals surface area contributed by atoms with Crippen LogP contribution in [0.3, 0.4) is 0 Å². The van der Waals surface area contributed by atoms with Gasteiger partial charge in [0.25, 0.3) is 0 Å². The highest BCUT2D eigenvalue weighted by Crippen LogP contribution is 2.29. The summed E-state index contributed by atoms with van der Waals surface area (Å²) in [6, 6.07) is 12.8. The van der Waals surface area contributed by atoms with Crippen LogP contribution in [0.5, 0.6) is 0 Å². The number of halogens is 1. The number of anilines is 3. The molecule has 0 radical (unpaired) electrons. The van der Waals surface area contributed by atoms with Crippen molar-refractivity contribution in [3.63, 3.8) is 0 Å². The molecule has 178 valence electrons. The van der Waals surface area contributed by atoms with E-state index in [1.807, 2.05) is 32.0 Å². The third kappa shape index (κ3) is 5.25. The van der Waals surface area contributed by atoms with Gasteiger partial charge >= 0.3 is 5.97 Å². The molecule has 0 saturated carbocycles.